The SMILES string of the molecule is NS(=O)(=O)CC(COCCC1CC1)c1ccccc1. The minimum atomic E-state index is -3.49. The molecule has 0 heterocycles. The maximum Gasteiger partial charge on any atom is 0.209 e. The van der Waals surface area contributed by atoms with E-state index in [1.165, 1.54) is 12.8 Å². The number of hydrogen-bond donors (Lipinski definition) is 1. The smallest absolute Gasteiger partial charge is 0.209 e. The molecule has 0 amide bonds. The van der Waals surface area contributed by atoms with Crippen molar-refractivity contribution < 1.29 is 13.2 Å². The molecular weight excluding hydrogens is 262 g/mol. The van der Waals surface area contributed by atoms with Gasteiger partial charge in [-0.25, -0.2) is 13.6 Å². The highest BCUT2D eigenvalue weighted by atomic mass is 32.2. The Morgan fingerprint density at radius 2 is 1.95 bits per heavy atom. The van der Waals surface area contributed by atoms with E-state index < -0.39 is 10.0 Å². The summed E-state index contributed by atoms with van der Waals surface area (Å²) in [6, 6.07) is 9.54. The lowest BCUT2D eigenvalue weighted by Crippen LogP contribution is -2.25. The van der Waals surface area contributed by atoms with Crippen LogP contribution < -0.4 is 5.14 Å². The summed E-state index contributed by atoms with van der Waals surface area (Å²) in [6.45, 7) is 1.12. The summed E-state index contributed by atoms with van der Waals surface area (Å²) < 4.78 is 28.2. The van der Waals surface area contributed by atoms with E-state index in [-0.39, 0.29) is 11.7 Å². The molecule has 2 N–H and O–H groups in total. The Labute approximate surface area is 115 Å². The van der Waals surface area contributed by atoms with E-state index in [4.69, 9.17) is 9.88 Å². The molecule has 0 aliphatic heterocycles. The van der Waals surface area contributed by atoms with E-state index in [0.717, 1.165) is 17.9 Å². The quantitative estimate of drug-likeness (QED) is 0.741. The minimum Gasteiger partial charge on any atom is -0.381 e. The zero-order valence-electron chi connectivity index (χ0n) is 11.0. The Kier molecular flexibility index (Phi) is 4.96. The summed E-state index contributed by atoms with van der Waals surface area (Å²) in [5, 5.41) is 5.15. The molecule has 106 valence electrons. The average Bonchev–Trinajstić information content (AvgIpc) is 3.17. The number of nitrogens with two attached hydrogens (primary N) is 1. The van der Waals surface area contributed by atoms with Crippen molar-refractivity contribution >= 4 is 10.0 Å². The first-order valence-corrected chi connectivity index (χ1v) is 8.39. The molecule has 4 nitrogen and oxygen atoms in total. The number of benzene rings is 1. The predicted octanol–water partition coefficient (Wildman–Crippen LogP) is 1.88. The summed E-state index contributed by atoms with van der Waals surface area (Å²) in [7, 11) is -3.49. The van der Waals surface area contributed by atoms with E-state index >= 15 is 0 Å². The zero-order chi connectivity index (χ0) is 13.7. The van der Waals surface area contributed by atoms with Crippen molar-refractivity contribution in [2.45, 2.75) is 25.2 Å². The third-order valence-electron chi connectivity index (χ3n) is 3.39. The molecule has 0 spiro atoms. The van der Waals surface area contributed by atoms with Gasteiger partial charge in [0.2, 0.25) is 10.0 Å². The molecule has 1 saturated carbocycles. The highest BCUT2D eigenvalue weighted by molar-refractivity contribution is 7.89. The van der Waals surface area contributed by atoms with Crippen molar-refractivity contribution in [3.63, 3.8) is 0 Å². The van der Waals surface area contributed by atoms with Crippen LogP contribution in [0.5, 0.6) is 0 Å². The summed E-state index contributed by atoms with van der Waals surface area (Å²) in [4.78, 5) is 0. The largest absolute Gasteiger partial charge is 0.381 e. The minimum absolute atomic E-state index is 0.0690. The summed E-state index contributed by atoms with van der Waals surface area (Å²) in [6.07, 6.45) is 3.70. The second-order valence-corrected chi connectivity index (χ2v) is 6.90. The lowest BCUT2D eigenvalue weighted by molar-refractivity contribution is 0.118. The van der Waals surface area contributed by atoms with E-state index in [2.05, 4.69) is 0 Å². The van der Waals surface area contributed by atoms with Crippen LogP contribution in [0.2, 0.25) is 0 Å². The van der Waals surface area contributed by atoms with Crippen LogP contribution >= 0.6 is 0 Å². The lowest BCUT2D eigenvalue weighted by atomic mass is 10.0. The number of hydrogen-bond acceptors (Lipinski definition) is 3. The Morgan fingerprint density at radius 3 is 2.53 bits per heavy atom. The molecule has 1 fully saturated rings. The molecular formula is C14H21NO3S. The molecule has 1 aliphatic carbocycles. The first kappa shape index (κ1) is 14.5. The highest BCUT2D eigenvalue weighted by Crippen LogP contribution is 2.32. The number of ether oxygens (including phenoxy) is 1. The molecule has 1 aromatic carbocycles. The second-order valence-electron chi connectivity index (χ2n) is 5.24. The number of sulfonamides is 1. The maximum atomic E-state index is 11.3. The van der Waals surface area contributed by atoms with Gasteiger partial charge in [0.25, 0.3) is 0 Å². The molecule has 1 unspecified atom stereocenters. The summed E-state index contributed by atoms with van der Waals surface area (Å²) in [5.41, 5.74) is 0.961. The van der Waals surface area contributed by atoms with Crippen molar-refractivity contribution in [1.29, 1.82) is 0 Å². The van der Waals surface area contributed by atoms with Gasteiger partial charge in [0.15, 0.2) is 0 Å². The predicted molar refractivity (Wildman–Crippen MR) is 75.3 cm³/mol. The Bertz CT molecular complexity index is 483. The summed E-state index contributed by atoms with van der Waals surface area (Å²) >= 11 is 0. The third kappa shape index (κ3) is 5.72. The second kappa shape index (κ2) is 6.50. The van der Waals surface area contributed by atoms with Crippen LogP contribution in [0.3, 0.4) is 0 Å². The van der Waals surface area contributed by atoms with Gasteiger partial charge in [0.05, 0.1) is 12.4 Å². The Morgan fingerprint density at radius 1 is 1.26 bits per heavy atom. The van der Waals surface area contributed by atoms with Crippen LogP contribution in [0, 0.1) is 5.92 Å². The van der Waals surface area contributed by atoms with Gasteiger partial charge in [-0.1, -0.05) is 43.2 Å². The molecule has 1 atom stereocenters. The van der Waals surface area contributed by atoms with Crippen LogP contribution in [0.15, 0.2) is 30.3 Å². The van der Waals surface area contributed by atoms with E-state index in [1.54, 1.807) is 0 Å². The molecule has 0 aromatic heterocycles. The fourth-order valence-electron chi connectivity index (χ4n) is 2.13. The van der Waals surface area contributed by atoms with Gasteiger partial charge in [0, 0.05) is 12.5 Å². The van der Waals surface area contributed by atoms with Gasteiger partial charge >= 0.3 is 0 Å². The topological polar surface area (TPSA) is 69.4 Å². The molecule has 19 heavy (non-hydrogen) atoms. The third-order valence-corrected chi connectivity index (χ3v) is 4.26. The first-order chi connectivity index (χ1) is 9.04. The van der Waals surface area contributed by atoms with Crippen molar-refractivity contribution in [3.05, 3.63) is 35.9 Å². The van der Waals surface area contributed by atoms with Crippen molar-refractivity contribution in [2.75, 3.05) is 19.0 Å². The molecule has 0 radical (unpaired) electrons. The molecule has 2 rings (SSSR count). The monoisotopic (exact) mass is 283 g/mol. The zero-order valence-corrected chi connectivity index (χ0v) is 11.8. The number of rotatable bonds is 8. The van der Waals surface area contributed by atoms with Crippen LogP contribution in [0.4, 0.5) is 0 Å². The molecule has 1 aliphatic rings. The van der Waals surface area contributed by atoms with Gasteiger partial charge in [-0.05, 0) is 17.9 Å². The van der Waals surface area contributed by atoms with E-state index in [9.17, 15) is 8.42 Å². The van der Waals surface area contributed by atoms with Crippen molar-refractivity contribution in [1.82, 2.24) is 0 Å². The summed E-state index contributed by atoms with van der Waals surface area (Å²) in [5.74, 6) is 0.573. The standard InChI is InChI=1S/C14H21NO3S/c15-19(16,17)11-14(13-4-2-1-3-5-13)10-18-9-8-12-6-7-12/h1-5,12,14H,6-11H2,(H2,15,16,17). The van der Waals surface area contributed by atoms with Crippen LogP contribution in [-0.4, -0.2) is 27.4 Å². The fraction of sp³-hybridized carbons (Fsp3) is 0.571. The van der Waals surface area contributed by atoms with Gasteiger partial charge in [-0.3, -0.25) is 0 Å². The highest BCUT2D eigenvalue weighted by Gasteiger charge is 2.22. The number of primary sulfonamides is 1. The van der Waals surface area contributed by atoms with Gasteiger partial charge in [-0.2, -0.15) is 0 Å². The Balaban J connectivity index is 1.89. The maximum absolute atomic E-state index is 11.3. The van der Waals surface area contributed by atoms with Crippen LogP contribution in [-0.2, 0) is 14.8 Å². The normalized spacial score (nSPS) is 17.3. The molecule has 1 aromatic rings. The average molecular weight is 283 g/mol. The van der Waals surface area contributed by atoms with E-state index in [1.807, 2.05) is 30.3 Å². The van der Waals surface area contributed by atoms with Gasteiger partial charge in [-0.15, -0.1) is 0 Å². The van der Waals surface area contributed by atoms with Crippen molar-refractivity contribution in [2.24, 2.45) is 11.1 Å². The van der Waals surface area contributed by atoms with Gasteiger partial charge in [0.1, 0.15) is 0 Å². The first-order valence-electron chi connectivity index (χ1n) is 6.68. The Hall–Kier alpha value is -0.910. The van der Waals surface area contributed by atoms with Crippen molar-refractivity contribution in [3.8, 4) is 0 Å². The van der Waals surface area contributed by atoms with E-state index in [0.29, 0.717) is 13.2 Å². The molecule has 0 bridgehead atoms. The van der Waals surface area contributed by atoms with Gasteiger partial charge < -0.3 is 4.74 Å². The van der Waals surface area contributed by atoms with Crippen LogP contribution in [0.25, 0.3) is 0 Å². The molecule has 5 heteroatoms. The molecule has 0 saturated heterocycles. The fourth-order valence-corrected chi connectivity index (χ4v) is 2.98. The van der Waals surface area contributed by atoms with Crippen LogP contribution in [0.1, 0.15) is 30.7 Å². The lowest BCUT2D eigenvalue weighted by Gasteiger charge is -2.16.